The molecule has 0 saturated carbocycles. The third-order valence-corrected chi connectivity index (χ3v) is 4.58. The summed E-state index contributed by atoms with van der Waals surface area (Å²) in [5.74, 6) is 0. The number of hydrogen-bond donors (Lipinski definition) is 1. The van der Waals surface area contributed by atoms with Gasteiger partial charge in [0.05, 0.1) is 5.69 Å². The van der Waals surface area contributed by atoms with E-state index in [1.807, 2.05) is 0 Å². The van der Waals surface area contributed by atoms with E-state index < -0.39 is 0 Å². The van der Waals surface area contributed by atoms with Crippen LogP contribution in [-0.4, -0.2) is 11.5 Å². The van der Waals surface area contributed by atoms with Crippen molar-refractivity contribution in [3.8, 4) is 10.6 Å². The van der Waals surface area contributed by atoms with Crippen LogP contribution in [0, 0.1) is 6.92 Å². The fourth-order valence-corrected chi connectivity index (χ4v) is 3.52. The standard InChI is InChI=1S/C12H16N2S2/c1-4-13-8(2)11-9(3)14-12(16-11)10-5-6-15-7-10/h5-8,13H,4H2,1-3H3. The largest absolute Gasteiger partial charge is 0.310 e. The first-order valence-corrected chi connectivity index (χ1v) is 7.21. The van der Waals surface area contributed by atoms with Gasteiger partial charge >= 0.3 is 0 Å². The maximum Gasteiger partial charge on any atom is 0.124 e. The topological polar surface area (TPSA) is 24.9 Å². The molecule has 0 aromatic carbocycles. The van der Waals surface area contributed by atoms with Gasteiger partial charge in [0, 0.05) is 21.9 Å². The summed E-state index contributed by atoms with van der Waals surface area (Å²) in [5, 5.41) is 8.82. The second kappa shape index (κ2) is 5.08. The third kappa shape index (κ3) is 2.34. The van der Waals surface area contributed by atoms with E-state index >= 15 is 0 Å². The number of hydrogen-bond acceptors (Lipinski definition) is 4. The van der Waals surface area contributed by atoms with Gasteiger partial charge in [0.1, 0.15) is 5.01 Å². The summed E-state index contributed by atoms with van der Waals surface area (Å²) >= 11 is 3.52. The maximum absolute atomic E-state index is 4.64. The lowest BCUT2D eigenvalue weighted by atomic mass is 10.2. The maximum atomic E-state index is 4.64. The molecule has 86 valence electrons. The predicted octanol–water partition coefficient (Wildman–Crippen LogP) is 3.85. The molecule has 0 fully saturated rings. The van der Waals surface area contributed by atoms with Gasteiger partial charge in [0.2, 0.25) is 0 Å². The predicted molar refractivity (Wildman–Crippen MR) is 72.3 cm³/mol. The van der Waals surface area contributed by atoms with Crippen molar-refractivity contribution in [1.82, 2.24) is 10.3 Å². The Morgan fingerprint density at radius 3 is 2.94 bits per heavy atom. The lowest BCUT2D eigenvalue weighted by molar-refractivity contribution is 0.603. The fourth-order valence-electron chi connectivity index (χ4n) is 1.72. The first kappa shape index (κ1) is 11.8. The van der Waals surface area contributed by atoms with Crippen LogP contribution in [0.25, 0.3) is 10.6 Å². The van der Waals surface area contributed by atoms with Gasteiger partial charge in [-0.15, -0.1) is 11.3 Å². The highest BCUT2D eigenvalue weighted by Gasteiger charge is 2.14. The van der Waals surface area contributed by atoms with Crippen molar-refractivity contribution in [3.63, 3.8) is 0 Å². The lowest BCUT2D eigenvalue weighted by Gasteiger charge is -2.09. The zero-order valence-electron chi connectivity index (χ0n) is 9.78. The van der Waals surface area contributed by atoms with Crippen LogP contribution in [-0.2, 0) is 0 Å². The van der Waals surface area contributed by atoms with Gasteiger partial charge in [0.25, 0.3) is 0 Å². The number of aromatic nitrogens is 1. The number of rotatable bonds is 4. The number of nitrogens with zero attached hydrogens (tertiary/aromatic N) is 1. The Morgan fingerprint density at radius 2 is 2.31 bits per heavy atom. The minimum atomic E-state index is 0.398. The molecule has 0 aliphatic rings. The number of nitrogens with one attached hydrogen (secondary N) is 1. The Hall–Kier alpha value is -0.710. The Bertz CT molecular complexity index is 446. The van der Waals surface area contributed by atoms with Crippen molar-refractivity contribution in [2.75, 3.05) is 6.54 Å². The van der Waals surface area contributed by atoms with Crippen LogP contribution in [0.2, 0.25) is 0 Å². The number of thiazole rings is 1. The average molecular weight is 252 g/mol. The zero-order valence-corrected chi connectivity index (χ0v) is 11.4. The van der Waals surface area contributed by atoms with Gasteiger partial charge in [-0.1, -0.05) is 6.92 Å². The lowest BCUT2D eigenvalue weighted by Crippen LogP contribution is -2.17. The molecule has 2 heterocycles. The van der Waals surface area contributed by atoms with E-state index in [9.17, 15) is 0 Å². The van der Waals surface area contributed by atoms with E-state index in [-0.39, 0.29) is 0 Å². The second-order valence-corrected chi connectivity index (χ2v) is 5.57. The van der Waals surface area contributed by atoms with E-state index in [0.29, 0.717) is 6.04 Å². The molecule has 4 heteroatoms. The zero-order chi connectivity index (χ0) is 11.5. The smallest absolute Gasteiger partial charge is 0.124 e. The van der Waals surface area contributed by atoms with Gasteiger partial charge in [-0.25, -0.2) is 4.98 Å². The van der Waals surface area contributed by atoms with E-state index in [4.69, 9.17) is 0 Å². The van der Waals surface area contributed by atoms with Crippen LogP contribution >= 0.6 is 22.7 Å². The van der Waals surface area contributed by atoms with Gasteiger partial charge in [-0.2, -0.15) is 11.3 Å². The Balaban J connectivity index is 2.28. The summed E-state index contributed by atoms with van der Waals surface area (Å²) in [6.07, 6.45) is 0. The van der Waals surface area contributed by atoms with Crippen LogP contribution < -0.4 is 5.32 Å². The first-order valence-electron chi connectivity index (χ1n) is 5.45. The van der Waals surface area contributed by atoms with Crippen LogP contribution in [0.3, 0.4) is 0 Å². The second-order valence-electron chi connectivity index (χ2n) is 3.76. The third-order valence-electron chi connectivity index (χ3n) is 2.50. The summed E-state index contributed by atoms with van der Waals surface area (Å²) < 4.78 is 0. The molecule has 0 amide bonds. The Kier molecular flexibility index (Phi) is 3.74. The van der Waals surface area contributed by atoms with E-state index in [2.05, 4.69) is 47.9 Å². The van der Waals surface area contributed by atoms with E-state index in [1.54, 1.807) is 22.7 Å². The van der Waals surface area contributed by atoms with Crippen molar-refractivity contribution < 1.29 is 0 Å². The van der Waals surface area contributed by atoms with Crippen LogP contribution in [0.4, 0.5) is 0 Å². The summed E-state index contributed by atoms with van der Waals surface area (Å²) in [7, 11) is 0. The molecule has 0 aliphatic heterocycles. The van der Waals surface area contributed by atoms with Crippen molar-refractivity contribution in [2.24, 2.45) is 0 Å². The van der Waals surface area contributed by atoms with Gasteiger partial charge in [0.15, 0.2) is 0 Å². The Labute approximate surface area is 104 Å². The van der Waals surface area contributed by atoms with Crippen LogP contribution in [0.15, 0.2) is 16.8 Å². The average Bonchev–Trinajstić information content (AvgIpc) is 2.86. The van der Waals surface area contributed by atoms with Crippen molar-refractivity contribution in [3.05, 3.63) is 27.4 Å². The molecular weight excluding hydrogens is 236 g/mol. The first-order chi connectivity index (χ1) is 7.72. The molecule has 0 radical (unpaired) electrons. The highest BCUT2D eigenvalue weighted by molar-refractivity contribution is 7.15. The molecule has 1 atom stereocenters. The monoisotopic (exact) mass is 252 g/mol. The Morgan fingerprint density at radius 1 is 1.50 bits per heavy atom. The molecular formula is C12H16N2S2. The normalized spacial score (nSPS) is 12.9. The van der Waals surface area contributed by atoms with Gasteiger partial charge in [-0.3, -0.25) is 0 Å². The van der Waals surface area contributed by atoms with E-state index in [1.165, 1.54) is 10.4 Å². The molecule has 0 bridgehead atoms. The summed E-state index contributed by atoms with van der Waals surface area (Å²) in [6.45, 7) is 7.41. The quantitative estimate of drug-likeness (QED) is 0.894. The number of aryl methyl sites for hydroxylation is 1. The molecule has 0 aliphatic carbocycles. The van der Waals surface area contributed by atoms with Crippen molar-refractivity contribution in [2.45, 2.75) is 26.8 Å². The summed E-state index contributed by atoms with van der Waals surface area (Å²) in [4.78, 5) is 5.99. The van der Waals surface area contributed by atoms with Crippen molar-refractivity contribution >= 4 is 22.7 Å². The highest BCUT2D eigenvalue weighted by Crippen LogP contribution is 2.32. The molecule has 1 unspecified atom stereocenters. The molecule has 2 aromatic heterocycles. The molecule has 0 saturated heterocycles. The summed E-state index contributed by atoms with van der Waals surface area (Å²) in [6, 6.07) is 2.53. The van der Waals surface area contributed by atoms with Gasteiger partial charge < -0.3 is 5.32 Å². The molecule has 1 N–H and O–H groups in total. The highest BCUT2D eigenvalue weighted by atomic mass is 32.1. The molecule has 2 aromatic rings. The number of thiophene rings is 1. The van der Waals surface area contributed by atoms with Gasteiger partial charge in [-0.05, 0) is 31.8 Å². The fraction of sp³-hybridized carbons (Fsp3) is 0.417. The SMILES string of the molecule is CCNC(C)c1sc(-c2ccsc2)nc1C. The van der Waals surface area contributed by atoms with Crippen LogP contribution in [0.5, 0.6) is 0 Å². The van der Waals surface area contributed by atoms with Crippen molar-refractivity contribution in [1.29, 1.82) is 0 Å². The molecule has 16 heavy (non-hydrogen) atoms. The summed E-state index contributed by atoms with van der Waals surface area (Å²) in [5.41, 5.74) is 2.40. The molecule has 2 nitrogen and oxygen atoms in total. The molecule has 0 spiro atoms. The van der Waals surface area contributed by atoms with Crippen LogP contribution in [0.1, 0.15) is 30.5 Å². The van der Waals surface area contributed by atoms with E-state index in [0.717, 1.165) is 17.2 Å². The molecule has 2 rings (SSSR count). The minimum absolute atomic E-state index is 0.398. The minimum Gasteiger partial charge on any atom is -0.310 e.